The third-order valence-electron chi connectivity index (χ3n) is 3.17. The lowest BCUT2D eigenvalue weighted by atomic mass is 10.0. The maximum atomic E-state index is 12.1. The van der Waals surface area contributed by atoms with Gasteiger partial charge in [0, 0.05) is 0 Å². The molecule has 0 heterocycles. The highest BCUT2D eigenvalue weighted by atomic mass is 19.4. The molecule has 4 heteroatoms. The van der Waals surface area contributed by atoms with Crippen LogP contribution in [0.15, 0.2) is 66.7 Å². The second-order valence-electron chi connectivity index (χ2n) is 4.63. The lowest BCUT2D eigenvalue weighted by Gasteiger charge is -2.09. The van der Waals surface area contributed by atoms with Gasteiger partial charge >= 0.3 is 6.36 Å². The smallest absolute Gasteiger partial charge is 0.406 e. The van der Waals surface area contributed by atoms with Gasteiger partial charge in [-0.2, -0.15) is 0 Å². The van der Waals surface area contributed by atoms with Crippen LogP contribution in [0, 0.1) is 0 Å². The van der Waals surface area contributed by atoms with Gasteiger partial charge in [-0.1, -0.05) is 48.5 Å². The van der Waals surface area contributed by atoms with E-state index in [1.165, 1.54) is 12.1 Å². The van der Waals surface area contributed by atoms with E-state index in [1.807, 2.05) is 42.5 Å². The molecule has 0 aliphatic heterocycles. The molecule has 106 valence electrons. The minimum absolute atomic E-state index is 0.216. The van der Waals surface area contributed by atoms with Crippen LogP contribution < -0.4 is 4.74 Å². The molecule has 21 heavy (non-hydrogen) atoms. The van der Waals surface area contributed by atoms with Crippen LogP contribution in [0.3, 0.4) is 0 Å². The fraction of sp³-hybridized carbons (Fsp3) is 0.0588. The average Bonchev–Trinajstić information content (AvgIpc) is 2.46. The lowest BCUT2D eigenvalue weighted by molar-refractivity contribution is -0.274. The van der Waals surface area contributed by atoms with Gasteiger partial charge in [0.25, 0.3) is 0 Å². The normalized spacial score (nSPS) is 11.6. The Morgan fingerprint density at radius 2 is 1.29 bits per heavy atom. The third kappa shape index (κ3) is 3.16. The maximum Gasteiger partial charge on any atom is 0.573 e. The van der Waals surface area contributed by atoms with Crippen molar-refractivity contribution in [2.45, 2.75) is 6.36 Å². The summed E-state index contributed by atoms with van der Waals surface area (Å²) in [6.45, 7) is 0. The second-order valence-corrected chi connectivity index (χ2v) is 4.63. The number of hydrogen-bond donors (Lipinski definition) is 0. The molecule has 0 saturated carbocycles. The highest BCUT2D eigenvalue weighted by Crippen LogP contribution is 2.28. The van der Waals surface area contributed by atoms with Crippen LogP contribution in [0.4, 0.5) is 13.2 Å². The Hall–Kier alpha value is -2.49. The number of alkyl halides is 3. The molecule has 0 N–H and O–H groups in total. The first-order valence-corrected chi connectivity index (χ1v) is 6.36. The molecule has 3 aromatic carbocycles. The van der Waals surface area contributed by atoms with Gasteiger partial charge < -0.3 is 4.74 Å². The molecule has 3 aromatic rings. The molecule has 3 rings (SSSR count). The number of hydrogen-bond acceptors (Lipinski definition) is 1. The minimum Gasteiger partial charge on any atom is -0.406 e. The Balaban J connectivity index is 1.91. The molecular formula is C17H11F3O. The fourth-order valence-electron chi connectivity index (χ4n) is 2.22. The summed E-state index contributed by atoms with van der Waals surface area (Å²) in [6, 6.07) is 19.7. The zero-order valence-electron chi connectivity index (χ0n) is 10.9. The first-order chi connectivity index (χ1) is 10.0. The van der Waals surface area contributed by atoms with E-state index in [4.69, 9.17) is 0 Å². The molecule has 0 saturated heterocycles. The summed E-state index contributed by atoms with van der Waals surface area (Å²) in [5.74, 6) is -0.216. The molecule has 0 aliphatic carbocycles. The van der Waals surface area contributed by atoms with Crippen molar-refractivity contribution < 1.29 is 17.9 Å². The van der Waals surface area contributed by atoms with Crippen molar-refractivity contribution >= 4 is 10.8 Å². The predicted molar refractivity (Wildman–Crippen MR) is 76.1 cm³/mol. The molecule has 0 spiro atoms. The number of rotatable bonds is 2. The molecule has 0 bridgehead atoms. The Kier molecular flexibility index (Phi) is 3.29. The van der Waals surface area contributed by atoms with Crippen molar-refractivity contribution in [3.05, 3.63) is 66.7 Å². The van der Waals surface area contributed by atoms with Crippen molar-refractivity contribution in [2.24, 2.45) is 0 Å². The van der Waals surface area contributed by atoms with Crippen LogP contribution in [0.25, 0.3) is 21.9 Å². The molecule has 1 nitrogen and oxygen atoms in total. The Morgan fingerprint density at radius 1 is 0.667 bits per heavy atom. The van der Waals surface area contributed by atoms with Crippen LogP contribution in [0.2, 0.25) is 0 Å². The molecule has 0 unspecified atom stereocenters. The predicted octanol–water partition coefficient (Wildman–Crippen LogP) is 5.41. The number of halogens is 3. The fourth-order valence-corrected chi connectivity index (χ4v) is 2.22. The van der Waals surface area contributed by atoms with E-state index in [2.05, 4.69) is 4.74 Å². The van der Waals surface area contributed by atoms with Crippen molar-refractivity contribution in [3.63, 3.8) is 0 Å². The zero-order chi connectivity index (χ0) is 14.9. The summed E-state index contributed by atoms with van der Waals surface area (Å²) in [5.41, 5.74) is 1.79. The Labute approximate surface area is 119 Å². The van der Waals surface area contributed by atoms with E-state index >= 15 is 0 Å². The van der Waals surface area contributed by atoms with Gasteiger partial charge in [-0.25, -0.2) is 0 Å². The summed E-state index contributed by atoms with van der Waals surface area (Å²) in [7, 11) is 0. The van der Waals surface area contributed by atoms with Gasteiger partial charge in [0.1, 0.15) is 5.75 Å². The quantitative estimate of drug-likeness (QED) is 0.613. The first-order valence-electron chi connectivity index (χ1n) is 6.36. The van der Waals surface area contributed by atoms with E-state index in [-0.39, 0.29) is 5.75 Å². The topological polar surface area (TPSA) is 9.23 Å². The molecular weight excluding hydrogens is 277 g/mol. The molecule has 0 aromatic heterocycles. The first kappa shape index (κ1) is 13.5. The van der Waals surface area contributed by atoms with Crippen molar-refractivity contribution in [3.8, 4) is 16.9 Å². The van der Waals surface area contributed by atoms with Gasteiger partial charge in [-0.3, -0.25) is 0 Å². The number of benzene rings is 3. The lowest BCUT2D eigenvalue weighted by Crippen LogP contribution is -2.16. The van der Waals surface area contributed by atoms with E-state index in [1.54, 1.807) is 12.1 Å². The largest absolute Gasteiger partial charge is 0.573 e. The van der Waals surface area contributed by atoms with Gasteiger partial charge in [0.2, 0.25) is 0 Å². The van der Waals surface area contributed by atoms with Crippen molar-refractivity contribution in [2.75, 3.05) is 0 Å². The molecule has 0 fully saturated rings. The summed E-state index contributed by atoms with van der Waals surface area (Å²) < 4.78 is 40.2. The van der Waals surface area contributed by atoms with Crippen LogP contribution in [-0.2, 0) is 0 Å². The summed E-state index contributed by atoms with van der Waals surface area (Å²) in [4.78, 5) is 0. The third-order valence-corrected chi connectivity index (χ3v) is 3.17. The van der Waals surface area contributed by atoms with Crippen molar-refractivity contribution in [1.82, 2.24) is 0 Å². The minimum atomic E-state index is -4.66. The van der Waals surface area contributed by atoms with Gasteiger partial charge in [0.05, 0.1) is 0 Å². The Morgan fingerprint density at radius 3 is 1.95 bits per heavy atom. The zero-order valence-corrected chi connectivity index (χ0v) is 10.9. The van der Waals surface area contributed by atoms with Gasteiger partial charge in [-0.15, -0.1) is 13.2 Å². The second kappa shape index (κ2) is 5.13. The van der Waals surface area contributed by atoms with Gasteiger partial charge in [-0.05, 0) is 40.1 Å². The van der Waals surface area contributed by atoms with E-state index < -0.39 is 6.36 Å². The van der Waals surface area contributed by atoms with E-state index in [9.17, 15) is 13.2 Å². The van der Waals surface area contributed by atoms with Crippen molar-refractivity contribution in [1.29, 1.82) is 0 Å². The Bertz CT molecular complexity index is 761. The van der Waals surface area contributed by atoms with Crippen LogP contribution in [0.1, 0.15) is 0 Å². The highest BCUT2D eigenvalue weighted by Gasteiger charge is 2.30. The van der Waals surface area contributed by atoms with Crippen LogP contribution in [-0.4, -0.2) is 6.36 Å². The van der Waals surface area contributed by atoms with Crippen LogP contribution in [0.5, 0.6) is 5.75 Å². The SMILES string of the molecule is FC(F)(F)Oc1ccc(-c2ccc3ccccc3c2)cc1. The average molecular weight is 288 g/mol. The molecule has 0 atom stereocenters. The molecule has 0 amide bonds. The highest BCUT2D eigenvalue weighted by molar-refractivity contribution is 5.87. The maximum absolute atomic E-state index is 12.1. The summed E-state index contributed by atoms with van der Waals surface area (Å²) in [6.07, 6.45) is -4.66. The van der Waals surface area contributed by atoms with E-state index in [0.717, 1.165) is 21.9 Å². The number of ether oxygens (including phenoxy) is 1. The summed E-state index contributed by atoms with van der Waals surface area (Å²) >= 11 is 0. The molecule has 0 aliphatic rings. The molecule has 0 radical (unpaired) electrons. The van der Waals surface area contributed by atoms with E-state index in [0.29, 0.717) is 0 Å². The van der Waals surface area contributed by atoms with Crippen LogP contribution >= 0.6 is 0 Å². The number of fused-ring (bicyclic) bond motifs is 1. The standard InChI is InChI=1S/C17H11F3O/c18-17(19,20)21-16-9-7-13(8-10-16)15-6-5-12-3-1-2-4-14(12)11-15/h1-11H. The monoisotopic (exact) mass is 288 g/mol. The van der Waals surface area contributed by atoms with Gasteiger partial charge in [0.15, 0.2) is 0 Å². The summed E-state index contributed by atoms with van der Waals surface area (Å²) in [5, 5.41) is 2.21.